The number of carboxylic acids is 1. The Labute approximate surface area is 228 Å². The standard InChI is InChI=1S/C29H35FN6O3/c1-17(2)25-26(31-14-20-7-9-21(30)10-8-20)32-15-22(34-25)27(37)36-12-11-35(16-29(36,5)6)23-13-18(3)24(28(38)39)19(4)33-23/h7-10,13,15,17H,11-12,14,16H2,1-6H3,(H,31,32)(H,38,39). The number of piperazine rings is 1. The van der Waals surface area contributed by atoms with Gasteiger partial charge in [0.15, 0.2) is 0 Å². The number of nitrogens with one attached hydrogen (secondary N) is 1. The Morgan fingerprint density at radius 1 is 1.13 bits per heavy atom. The summed E-state index contributed by atoms with van der Waals surface area (Å²) in [4.78, 5) is 42.9. The number of anilines is 2. The monoisotopic (exact) mass is 534 g/mol. The number of carbonyl (C=O) groups excluding carboxylic acids is 1. The summed E-state index contributed by atoms with van der Waals surface area (Å²) in [5, 5.41) is 12.7. The molecule has 1 aromatic carbocycles. The molecule has 10 heteroatoms. The molecule has 0 radical (unpaired) electrons. The second-order valence-electron chi connectivity index (χ2n) is 10.9. The molecule has 4 rings (SSSR count). The zero-order chi connectivity index (χ0) is 28.5. The quantitative estimate of drug-likeness (QED) is 0.445. The topological polar surface area (TPSA) is 112 Å². The van der Waals surface area contributed by atoms with E-state index in [1.54, 1.807) is 32.0 Å². The van der Waals surface area contributed by atoms with Crippen molar-refractivity contribution >= 4 is 23.5 Å². The molecule has 206 valence electrons. The van der Waals surface area contributed by atoms with E-state index in [9.17, 15) is 19.1 Å². The number of amides is 1. The van der Waals surface area contributed by atoms with Crippen molar-refractivity contribution in [2.75, 3.05) is 29.9 Å². The number of hydrogen-bond donors (Lipinski definition) is 2. The van der Waals surface area contributed by atoms with E-state index in [1.807, 2.05) is 32.6 Å². The first-order valence-electron chi connectivity index (χ1n) is 13.0. The molecule has 0 atom stereocenters. The molecule has 1 aliphatic rings. The lowest BCUT2D eigenvalue weighted by atomic mass is 9.97. The predicted octanol–water partition coefficient (Wildman–Crippen LogP) is 4.80. The molecule has 3 aromatic rings. The minimum absolute atomic E-state index is 0.0251. The lowest BCUT2D eigenvalue weighted by Crippen LogP contribution is -2.61. The Morgan fingerprint density at radius 2 is 1.82 bits per heavy atom. The van der Waals surface area contributed by atoms with Gasteiger partial charge in [0.1, 0.15) is 23.1 Å². The van der Waals surface area contributed by atoms with Crippen LogP contribution in [-0.4, -0.2) is 62.0 Å². The highest BCUT2D eigenvalue weighted by molar-refractivity contribution is 5.93. The molecule has 1 aliphatic heterocycles. The van der Waals surface area contributed by atoms with E-state index < -0.39 is 11.5 Å². The number of aromatic carboxylic acids is 1. The van der Waals surface area contributed by atoms with Crippen molar-refractivity contribution in [1.82, 2.24) is 19.9 Å². The summed E-state index contributed by atoms with van der Waals surface area (Å²) in [6, 6.07) is 8.05. The summed E-state index contributed by atoms with van der Waals surface area (Å²) in [5.41, 5.74) is 2.69. The third-order valence-electron chi connectivity index (χ3n) is 7.01. The molecule has 0 spiro atoms. The molecule has 1 saturated heterocycles. The van der Waals surface area contributed by atoms with Crippen molar-refractivity contribution < 1.29 is 19.1 Å². The van der Waals surface area contributed by atoms with Crippen molar-refractivity contribution in [3.05, 3.63) is 76.1 Å². The number of carbonyl (C=O) groups is 2. The van der Waals surface area contributed by atoms with E-state index >= 15 is 0 Å². The highest BCUT2D eigenvalue weighted by Crippen LogP contribution is 2.29. The van der Waals surface area contributed by atoms with Crippen LogP contribution in [0.15, 0.2) is 36.5 Å². The molecule has 39 heavy (non-hydrogen) atoms. The molecule has 3 heterocycles. The normalized spacial score (nSPS) is 15.0. The van der Waals surface area contributed by atoms with Crippen LogP contribution in [0.25, 0.3) is 0 Å². The van der Waals surface area contributed by atoms with Gasteiger partial charge in [-0.25, -0.2) is 24.1 Å². The number of rotatable bonds is 7. The number of nitrogens with zero attached hydrogens (tertiary/aromatic N) is 5. The molecule has 0 saturated carbocycles. The van der Waals surface area contributed by atoms with Crippen LogP contribution in [0.4, 0.5) is 16.0 Å². The van der Waals surface area contributed by atoms with Crippen LogP contribution in [-0.2, 0) is 6.54 Å². The van der Waals surface area contributed by atoms with Gasteiger partial charge in [0, 0.05) is 26.2 Å². The molecule has 2 aromatic heterocycles. The van der Waals surface area contributed by atoms with Crippen LogP contribution in [0.2, 0.25) is 0 Å². The van der Waals surface area contributed by atoms with E-state index in [0.29, 0.717) is 54.8 Å². The second-order valence-corrected chi connectivity index (χ2v) is 10.9. The van der Waals surface area contributed by atoms with Crippen molar-refractivity contribution in [3.8, 4) is 0 Å². The molecule has 0 unspecified atom stereocenters. The maximum atomic E-state index is 13.7. The minimum Gasteiger partial charge on any atom is -0.478 e. The van der Waals surface area contributed by atoms with Gasteiger partial charge in [-0.3, -0.25) is 4.79 Å². The third kappa shape index (κ3) is 6.00. The predicted molar refractivity (Wildman–Crippen MR) is 148 cm³/mol. The van der Waals surface area contributed by atoms with E-state index in [2.05, 4.69) is 20.2 Å². The van der Waals surface area contributed by atoms with Crippen LogP contribution in [0.1, 0.15) is 77.0 Å². The first-order chi connectivity index (χ1) is 18.4. The number of hydrogen-bond acceptors (Lipinski definition) is 7. The van der Waals surface area contributed by atoms with Gasteiger partial charge in [-0.1, -0.05) is 26.0 Å². The average Bonchev–Trinajstić information content (AvgIpc) is 2.86. The number of aromatic nitrogens is 3. The summed E-state index contributed by atoms with van der Waals surface area (Å²) < 4.78 is 13.2. The first-order valence-corrected chi connectivity index (χ1v) is 13.0. The molecule has 0 bridgehead atoms. The highest BCUT2D eigenvalue weighted by Gasteiger charge is 2.38. The Bertz CT molecular complexity index is 1370. The van der Waals surface area contributed by atoms with Gasteiger partial charge in [-0.15, -0.1) is 0 Å². The van der Waals surface area contributed by atoms with Crippen molar-refractivity contribution in [1.29, 1.82) is 0 Å². The molecule has 1 amide bonds. The Kier molecular flexibility index (Phi) is 7.85. The van der Waals surface area contributed by atoms with Gasteiger partial charge in [0.05, 0.1) is 28.7 Å². The van der Waals surface area contributed by atoms with Gasteiger partial charge in [0.2, 0.25) is 0 Å². The number of benzene rings is 1. The molecule has 9 nitrogen and oxygen atoms in total. The first kappa shape index (κ1) is 27.9. The van der Waals surface area contributed by atoms with Crippen LogP contribution < -0.4 is 10.2 Å². The molecular formula is C29H35FN6O3. The molecular weight excluding hydrogens is 499 g/mol. The summed E-state index contributed by atoms with van der Waals surface area (Å²) in [6.45, 7) is 13.5. The second kappa shape index (κ2) is 11.0. The average molecular weight is 535 g/mol. The van der Waals surface area contributed by atoms with Crippen LogP contribution >= 0.6 is 0 Å². The van der Waals surface area contributed by atoms with Crippen molar-refractivity contribution in [2.45, 2.75) is 59.5 Å². The van der Waals surface area contributed by atoms with Gasteiger partial charge >= 0.3 is 5.97 Å². The highest BCUT2D eigenvalue weighted by atomic mass is 19.1. The van der Waals surface area contributed by atoms with Crippen LogP contribution in [0, 0.1) is 19.7 Å². The van der Waals surface area contributed by atoms with Crippen LogP contribution in [0.5, 0.6) is 0 Å². The summed E-state index contributed by atoms with van der Waals surface area (Å²) in [5.74, 6) is -0.146. The van der Waals surface area contributed by atoms with E-state index in [0.717, 1.165) is 5.56 Å². The fourth-order valence-corrected chi connectivity index (χ4v) is 4.99. The van der Waals surface area contributed by atoms with Gasteiger partial charge < -0.3 is 20.2 Å². The lowest BCUT2D eigenvalue weighted by Gasteiger charge is -2.47. The van der Waals surface area contributed by atoms with E-state index in [4.69, 9.17) is 4.98 Å². The number of carboxylic acid groups (broad SMARTS) is 1. The fourth-order valence-electron chi connectivity index (χ4n) is 4.99. The Hall–Kier alpha value is -4.08. The van der Waals surface area contributed by atoms with E-state index in [-0.39, 0.29) is 28.9 Å². The zero-order valence-corrected chi connectivity index (χ0v) is 23.2. The Morgan fingerprint density at radius 3 is 2.41 bits per heavy atom. The third-order valence-corrected chi connectivity index (χ3v) is 7.01. The minimum atomic E-state index is -0.988. The summed E-state index contributed by atoms with van der Waals surface area (Å²) >= 11 is 0. The Balaban J connectivity index is 1.51. The largest absolute Gasteiger partial charge is 0.478 e. The zero-order valence-electron chi connectivity index (χ0n) is 23.2. The number of halogens is 1. The number of pyridine rings is 1. The molecule has 0 aliphatic carbocycles. The van der Waals surface area contributed by atoms with Crippen LogP contribution in [0.3, 0.4) is 0 Å². The number of aryl methyl sites for hydroxylation is 2. The van der Waals surface area contributed by atoms with Gasteiger partial charge in [-0.05, 0) is 62.9 Å². The van der Waals surface area contributed by atoms with Gasteiger partial charge in [0.25, 0.3) is 5.91 Å². The lowest BCUT2D eigenvalue weighted by molar-refractivity contribution is 0.0506. The van der Waals surface area contributed by atoms with Crippen molar-refractivity contribution in [2.24, 2.45) is 0 Å². The van der Waals surface area contributed by atoms with E-state index in [1.165, 1.54) is 18.3 Å². The SMILES string of the molecule is Cc1cc(N2CCN(C(=O)c3cnc(NCc4ccc(F)cc4)c(C(C)C)n3)C(C)(C)C2)nc(C)c1C(=O)O. The summed E-state index contributed by atoms with van der Waals surface area (Å²) in [6.07, 6.45) is 1.50. The fraction of sp³-hybridized carbons (Fsp3) is 0.414. The smallest absolute Gasteiger partial charge is 0.337 e. The maximum Gasteiger partial charge on any atom is 0.337 e. The summed E-state index contributed by atoms with van der Waals surface area (Å²) in [7, 11) is 0. The van der Waals surface area contributed by atoms with Gasteiger partial charge in [-0.2, -0.15) is 0 Å². The molecule has 2 N–H and O–H groups in total. The molecule has 1 fully saturated rings. The maximum absolute atomic E-state index is 13.7. The van der Waals surface area contributed by atoms with Crippen molar-refractivity contribution in [3.63, 3.8) is 0 Å².